The third kappa shape index (κ3) is 6.57. The van der Waals surface area contributed by atoms with Gasteiger partial charge in [-0.05, 0) is 80.0 Å². The first-order chi connectivity index (χ1) is 20.3. The highest BCUT2D eigenvalue weighted by Gasteiger charge is 2.43. The molecule has 0 aliphatic carbocycles. The topological polar surface area (TPSA) is 64.7 Å². The van der Waals surface area contributed by atoms with E-state index in [2.05, 4.69) is 88.8 Å². The fourth-order valence-electron chi connectivity index (χ4n) is 6.94. The summed E-state index contributed by atoms with van der Waals surface area (Å²) in [5.74, 6) is -0.103. The molecular weight excluding hydrogens is 588 g/mol. The summed E-state index contributed by atoms with van der Waals surface area (Å²) in [6, 6.07) is 15.3. The summed E-state index contributed by atoms with van der Waals surface area (Å²) >= 11 is 3.51. The Labute approximate surface area is 259 Å². The molecule has 3 aliphatic heterocycles. The van der Waals surface area contributed by atoms with Gasteiger partial charge in [-0.1, -0.05) is 70.6 Å². The monoisotopic (exact) mass is 630 g/mol. The van der Waals surface area contributed by atoms with E-state index in [1.54, 1.807) is 0 Å². The number of amides is 2. The Hall–Kier alpha value is -3.16. The number of hydrogen-bond acceptors (Lipinski definition) is 4. The lowest BCUT2D eigenvalue weighted by Gasteiger charge is -2.32. The number of benzene rings is 2. The Bertz CT molecular complexity index is 1380. The Morgan fingerprint density at radius 1 is 1.05 bits per heavy atom. The molecule has 1 spiro atoms. The minimum absolute atomic E-state index is 0.0103. The van der Waals surface area contributed by atoms with E-state index in [0.717, 1.165) is 35.8 Å². The summed E-state index contributed by atoms with van der Waals surface area (Å²) in [4.78, 5) is 32.2. The van der Waals surface area contributed by atoms with Crippen molar-refractivity contribution in [3.05, 3.63) is 105 Å². The number of nitrogens with one attached hydrogen (secondary N) is 2. The second kappa shape index (κ2) is 13.4. The molecule has 2 amide bonds. The van der Waals surface area contributed by atoms with E-state index in [4.69, 9.17) is 0 Å². The van der Waals surface area contributed by atoms with Crippen molar-refractivity contribution in [2.75, 3.05) is 26.7 Å². The van der Waals surface area contributed by atoms with Crippen molar-refractivity contribution in [2.24, 2.45) is 5.41 Å². The van der Waals surface area contributed by atoms with E-state index in [-0.39, 0.29) is 23.3 Å². The maximum Gasteiger partial charge on any atom is 0.245 e. The van der Waals surface area contributed by atoms with Gasteiger partial charge in [-0.15, -0.1) is 0 Å². The van der Waals surface area contributed by atoms with Gasteiger partial charge in [0.15, 0.2) is 0 Å². The van der Waals surface area contributed by atoms with Crippen molar-refractivity contribution >= 4 is 27.7 Å². The van der Waals surface area contributed by atoms with Gasteiger partial charge in [0.25, 0.3) is 0 Å². The van der Waals surface area contributed by atoms with E-state index in [0.29, 0.717) is 32.5 Å². The summed E-state index contributed by atoms with van der Waals surface area (Å²) in [6.45, 7) is 7.14. The minimum Gasteiger partial charge on any atom is -0.373 e. The Balaban J connectivity index is 1.34. The molecule has 7 heteroatoms. The molecule has 42 heavy (non-hydrogen) atoms. The largest absolute Gasteiger partial charge is 0.373 e. The van der Waals surface area contributed by atoms with Crippen molar-refractivity contribution in [1.82, 2.24) is 20.4 Å². The van der Waals surface area contributed by atoms with Crippen LogP contribution in [-0.4, -0.2) is 60.4 Å². The second-order valence-corrected chi connectivity index (χ2v) is 12.8. The van der Waals surface area contributed by atoms with Crippen molar-refractivity contribution in [3.8, 4) is 0 Å². The van der Waals surface area contributed by atoms with E-state index in [9.17, 15) is 9.59 Å². The average Bonchev–Trinajstić information content (AvgIpc) is 3.11. The number of carbonyl (C=O) groups is 2. The van der Waals surface area contributed by atoms with Gasteiger partial charge in [-0.2, -0.15) is 0 Å². The van der Waals surface area contributed by atoms with E-state index < -0.39 is 6.04 Å². The number of carbonyl (C=O) groups excluding carboxylic acids is 2. The maximum atomic E-state index is 14.2. The SMILES string of the molecule is C/C=C\C1=C(/C=C\C)C2(CCCN(C(=O)[C@@H](Cc3ccc(Br)cc3)NC(=O)C3Cc4ccccc4CN3)CC2)CN1C. The van der Waals surface area contributed by atoms with Crippen molar-refractivity contribution in [2.45, 2.75) is 64.6 Å². The zero-order valence-corrected chi connectivity index (χ0v) is 26.6. The molecule has 3 atom stereocenters. The lowest BCUT2D eigenvalue weighted by molar-refractivity contribution is -0.137. The normalized spacial score (nSPS) is 23.5. The quantitative estimate of drug-likeness (QED) is 0.422. The predicted molar refractivity (Wildman–Crippen MR) is 173 cm³/mol. The minimum atomic E-state index is -0.623. The van der Waals surface area contributed by atoms with Crippen LogP contribution in [0, 0.1) is 5.41 Å². The number of fused-ring (bicyclic) bond motifs is 1. The van der Waals surface area contributed by atoms with Gasteiger partial charge in [0.1, 0.15) is 6.04 Å². The van der Waals surface area contributed by atoms with E-state index in [1.165, 1.54) is 22.4 Å². The highest BCUT2D eigenvalue weighted by atomic mass is 79.9. The van der Waals surface area contributed by atoms with Crippen molar-refractivity contribution < 1.29 is 9.59 Å². The molecule has 0 radical (unpaired) electrons. The summed E-state index contributed by atoms with van der Waals surface area (Å²) in [7, 11) is 2.17. The Kier molecular flexibility index (Phi) is 9.69. The fraction of sp³-hybridized carbons (Fsp3) is 0.429. The predicted octanol–water partition coefficient (Wildman–Crippen LogP) is 5.54. The number of allylic oxidation sites excluding steroid dienone is 4. The average molecular weight is 632 g/mol. The van der Waals surface area contributed by atoms with Gasteiger partial charge in [0.05, 0.1) is 6.04 Å². The fourth-order valence-corrected chi connectivity index (χ4v) is 7.20. The third-order valence-electron chi connectivity index (χ3n) is 9.08. The number of likely N-dealkylation sites (N-methyl/N-ethyl adjacent to an activating group) is 1. The molecule has 222 valence electrons. The summed E-state index contributed by atoms with van der Waals surface area (Å²) in [5, 5.41) is 6.56. The van der Waals surface area contributed by atoms with Crippen LogP contribution in [0.4, 0.5) is 0 Å². The maximum absolute atomic E-state index is 14.2. The van der Waals surface area contributed by atoms with Crippen LogP contribution in [0.25, 0.3) is 0 Å². The number of rotatable bonds is 7. The zero-order chi connectivity index (χ0) is 29.7. The molecule has 1 fully saturated rings. The first-order valence-electron chi connectivity index (χ1n) is 15.2. The van der Waals surface area contributed by atoms with Crippen LogP contribution >= 0.6 is 15.9 Å². The lowest BCUT2D eigenvalue weighted by atomic mass is 9.75. The Morgan fingerprint density at radius 2 is 1.79 bits per heavy atom. The van der Waals surface area contributed by atoms with Gasteiger partial charge in [-0.25, -0.2) is 0 Å². The summed E-state index contributed by atoms with van der Waals surface area (Å²) in [5.41, 5.74) is 6.12. The van der Waals surface area contributed by atoms with Gasteiger partial charge in [-0.3, -0.25) is 9.59 Å². The van der Waals surface area contributed by atoms with Gasteiger partial charge >= 0.3 is 0 Å². The smallest absolute Gasteiger partial charge is 0.245 e. The molecule has 2 unspecified atom stereocenters. The summed E-state index contributed by atoms with van der Waals surface area (Å²) in [6.07, 6.45) is 12.7. The van der Waals surface area contributed by atoms with Crippen LogP contribution < -0.4 is 10.6 Å². The van der Waals surface area contributed by atoms with Gasteiger partial charge in [0.2, 0.25) is 11.8 Å². The molecule has 3 aliphatic rings. The van der Waals surface area contributed by atoms with Crippen LogP contribution in [0.1, 0.15) is 49.8 Å². The number of halogens is 1. The number of likely N-dealkylation sites (tertiary alicyclic amines) is 1. The molecule has 2 N–H and O–H groups in total. The standard InChI is InChI=1S/C35H43BrN4O2/c1-4-9-29-32(10-5-2)39(3)24-35(29)17-8-19-40(20-18-35)34(42)31(21-25-13-15-28(36)16-14-25)38-33(41)30-22-26-11-6-7-12-27(26)23-37-30/h4-7,9-16,30-31,37H,8,17-24H2,1-3H3,(H,38,41)/b9-4-,10-5-/t30?,31-,35?/m1/s1. The lowest BCUT2D eigenvalue weighted by Crippen LogP contribution is -2.55. The molecule has 2 aromatic rings. The van der Waals surface area contributed by atoms with Gasteiger partial charge < -0.3 is 20.4 Å². The van der Waals surface area contributed by atoms with E-state index in [1.807, 2.05) is 41.3 Å². The number of hydrogen-bond donors (Lipinski definition) is 2. The van der Waals surface area contributed by atoms with E-state index >= 15 is 0 Å². The summed E-state index contributed by atoms with van der Waals surface area (Å²) < 4.78 is 0.991. The first-order valence-corrected chi connectivity index (χ1v) is 16.0. The molecule has 5 rings (SSSR count). The molecule has 6 nitrogen and oxygen atoms in total. The zero-order valence-electron chi connectivity index (χ0n) is 25.0. The molecular formula is C35H43BrN4O2. The van der Waals surface area contributed by atoms with Gasteiger partial charge in [0, 0.05) is 55.2 Å². The number of nitrogens with zero attached hydrogens (tertiary/aromatic N) is 2. The van der Waals surface area contributed by atoms with Crippen molar-refractivity contribution in [3.63, 3.8) is 0 Å². The molecule has 0 bridgehead atoms. The van der Waals surface area contributed by atoms with Crippen LogP contribution in [0.15, 0.2) is 88.6 Å². The van der Waals surface area contributed by atoms with Crippen LogP contribution in [0.2, 0.25) is 0 Å². The highest BCUT2D eigenvalue weighted by Crippen LogP contribution is 2.47. The first kappa shape index (κ1) is 30.3. The third-order valence-corrected chi connectivity index (χ3v) is 9.61. The van der Waals surface area contributed by atoms with Crippen LogP contribution in [0.5, 0.6) is 0 Å². The van der Waals surface area contributed by atoms with Crippen LogP contribution in [0.3, 0.4) is 0 Å². The van der Waals surface area contributed by atoms with Crippen LogP contribution in [-0.2, 0) is 29.0 Å². The highest BCUT2D eigenvalue weighted by molar-refractivity contribution is 9.10. The Morgan fingerprint density at radius 3 is 2.52 bits per heavy atom. The molecule has 1 saturated heterocycles. The molecule has 3 heterocycles. The molecule has 2 aromatic carbocycles. The van der Waals surface area contributed by atoms with Crippen molar-refractivity contribution in [1.29, 1.82) is 0 Å². The second-order valence-electron chi connectivity index (χ2n) is 11.9. The molecule has 0 aromatic heterocycles. The molecule has 0 saturated carbocycles.